The highest BCUT2D eigenvalue weighted by Crippen LogP contribution is 2.22. The highest BCUT2D eigenvalue weighted by atomic mass is 16.6. The molecule has 0 saturated heterocycles. The minimum absolute atomic E-state index is 0.0721. The van der Waals surface area contributed by atoms with E-state index < -0.39 is 23.7 Å². The van der Waals surface area contributed by atoms with Crippen LogP contribution in [-0.2, 0) is 16.0 Å². The van der Waals surface area contributed by atoms with Crippen molar-refractivity contribution in [2.45, 2.75) is 45.8 Å². The predicted octanol–water partition coefficient (Wildman–Crippen LogP) is 3.58. The van der Waals surface area contributed by atoms with Crippen molar-refractivity contribution >= 4 is 12.1 Å². The van der Waals surface area contributed by atoms with Crippen LogP contribution in [-0.4, -0.2) is 33.8 Å². The topological polar surface area (TPSA) is 88.5 Å². The maximum Gasteiger partial charge on any atom is 0.408 e. The molecular weight excluding hydrogens is 332 g/mol. The molecule has 1 amide bonds. The molecule has 0 aliphatic rings. The molecular formula is C20H24N2O4. The maximum atomic E-state index is 11.8. The molecule has 2 N–H and O–H groups in total. The molecule has 0 aliphatic carbocycles. The molecule has 2 aromatic rings. The van der Waals surface area contributed by atoms with Gasteiger partial charge in [0.1, 0.15) is 11.6 Å². The molecule has 1 heterocycles. The Labute approximate surface area is 153 Å². The number of aliphatic carboxylic acids is 1. The number of amides is 1. The molecule has 138 valence electrons. The summed E-state index contributed by atoms with van der Waals surface area (Å²) in [5, 5.41) is 11.7. The second kappa shape index (κ2) is 7.99. The lowest BCUT2D eigenvalue weighted by molar-refractivity contribution is -0.139. The average Bonchev–Trinajstić information content (AvgIpc) is 2.54. The molecule has 6 nitrogen and oxygen atoms in total. The summed E-state index contributed by atoms with van der Waals surface area (Å²) in [5.41, 5.74) is 3.05. The number of pyridine rings is 1. The molecule has 6 heteroatoms. The number of nitrogens with zero attached hydrogens (tertiary/aromatic N) is 1. The Morgan fingerprint density at radius 2 is 1.88 bits per heavy atom. The largest absolute Gasteiger partial charge is 0.480 e. The normalized spacial score (nSPS) is 12.3. The third-order valence-electron chi connectivity index (χ3n) is 3.68. The average molecular weight is 356 g/mol. The minimum Gasteiger partial charge on any atom is -0.480 e. The van der Waals surface area contributed by atoms with E-state index in [1.165, 1.54) is 0 Å². The number of carbonyl (C=O) groups excluding carboxylic acids is 1. The Kier molecular flexibility index (Phi) is 5.97. The Morgan fingerprint density at radius 1 is 1.19 bits per heavy atom. The van der Waals surface area contributed by atoms with E-state index in [1.807, 2.05) is 37.3 Å². The van der Waals surface area contributed by atoms with Crippen molar-refractivity contribution in [2.24, 2.45) is 0 Å². The standard InChI is InChI=1S/C20H24N2O4/c1-13-7-5-6-8-16(13)14-9-10-15(21-12-14)11-17(18(23)24)22-19(25)26-20(2,3)4/h5-10,12,17H,11H2,1-4H3,(H,22,25)(H,23,24). The van der Waals surface area contributed by atoms with E-state index in [0.717, 1.165) is 16.7 Å². The van der Waals surface area contributed by atoms with E-state index in [4.69, 9.17) is 4.74 Å². The first-order valence-electron chi connectivity index (χ1n) is 8.39. The zero-order valence-electron chi connectivity index (χ0n) is 15.4. The van der Waals surface area contributed by atoms with Gasteiger partial charge in [-0.2, -0.15) is 0 Å². The lowest BCUT2D eigenvalue weighted by Crippen LogP contribution is -2.44. The number of benzene rings is 1. The van der Waals surface area contributed by atoms with Crippen LogP contribution in [0, 0.1) is 6.92 Å². The second-order valence-corrected chi connectivity index (χ2v) is 7.09. The number of carboxylic acids is 1. The van der Waals surface area contributed by atoms with Gasteiger partial charge in [0.15, 0.2) is 0 Å². The Hall–Kier alpha value is -2.89. The highest BCUT2D eigenvalue weighted by molar-refractivity contribution is 5.80. The summed E-state index contributed by atoms with van der Waals surface area (Å²) < 4.78 is 5.11. The lowest BCUT2D eigenvalue weighted by Gasteiger charge is -2.22. The van der Waals surface area contributed by atoms with E-state index in [9.17, 15) is 14.7 Å². The van der Waals surface area contributed by atoms with E-state index in [0.29, 0.717) is 5.69 Å². The molecule has 1 aromatic heterocycles. The number of aryl methyl sites for hydroxylation is 1. The fourth-order valence-corrected chi connectivity index (χ4v) is 2.46. The molecule has 1 unspecified atom stereocenters. The van der Waals surface area contributed by atoms with Gasteiger partial charge >= 0.3 is 12.1 Å². The number of aromatic nitrogens is 1. The van der Waals surface area contributed by atoms with Crippen molar-refractivity contribution in [3.63, 3.8) is 0 Å². The number of rotatable bonds is 5. The quantitative estimate of drug-likeness (QED) is 0.855. The van der Waals surface area contributed by atoms with Crippen molar-refractivity contribution in [1.82, 2.24) is 10.3 Å². The minimum atomic E-state index is -1.14. The van der Waals surface area contributed by atoms with Gasteiger partial charge in [-0.25, -0.2) is 9.59 Å². The fraction of sp³-hybridized carbons (Fsp3) is 0.350. The van der Waals surface area contributed by atoms with Gasteiger partial charge in [-0.3, -0.25) is 4.98 Å². The summed E-state index contributed by atoms with van der Waals surface area (Å²) >= 11 is 0. The molecule has 1 atom stereocenters. The van der Waals surface area contributed by atoms with Crippen LogP contribution < -0.4 is 5.32 Å². The Morgan fingerprint density at radius 3 is 2.42 bits per heavy atom. The van der Waals surface area contributed by atoms with E-state index in [2.05, 4.69) is 10.3 Å². The van der Waals surface area contributed by atoms with Gasteiger partial charge in [-0.1, -0.05) is 30.3 Å². The summed E-state index contributed by atoms with van der Waals surface area (Å²) in [5.74, 6) is -1.14. The van der Waals surface area contributed by atoms with Gasteiger partial charge < -0.3 is 15.2 Å². The molecule has 0 saturated carbocycles. The van der Waals surface area contributed by atoms with Crippen molar-refractivity contribution in [2.75, 3.05) is 0 Å². The van der Waals surface area contributed by atoms with Crippen molar-refractivity contribution in [3.05, 3.63) is 53.9 Å². The SMILES string of the molecule is Cc1ccccc1-c1ccc(CC(NC(=O)OC(C)(C)C)C(=O)O)nc1. The summed E-state index contributed by atoms with van der Waals surface area (Å²) in [6.07, 6.45) is 1.02. The highest BCUT2D eigenvalue weighted by Gasteiger charge is 2.24. The molecule has 0 aliphatic heterocycles. The van der Waals surface area contributed by atoms with Crippen LogP contribution in [0.1, 0.15) is 32.0 Å². The monoisotopic (exact) mass is 356 g/mol. The zero-order chi connectivity index (χ0) is 19.3. The fourth-order valence-electron chi connectivity index (χ4n) is 2.46. The van der Waals surface area contributed by atoms with E-state index >= 15 is 0 Å². The lowest BCUT2D eigenvalue weighted by atomic mass is 10.0. The number of alkyl carbamates (subject to hydrolysis) is 1. The zero-order valence-corrected chi connectivity index (χ0v) is 15.4. The van der Waals surface area contributed by atoms with Crippen LogP contribution >= 0.6 is 0 Å². The van der Waals surface area contributed by atoms with Gasteiger partial charge in [0.25, 0.3) is 0 Å². The van der Waals surface area contributed by atoms with Crippen LogP contribution in [0.3, 0.4) is 0 Å². The van der Waals surface area contributed by atoms with E-state index in [1.54, 1.807) is 33.0 Å². The number of nitrogens with one attached hydrogen (secondary N) is 1. The van der Waals surface area contributed by atoms with Gasteiger partial charge in [-0.05, 0) is 44.9 Å². The third-order valence-corrected chi connectivity index (χ3v) is 3.68. The van der Waals surface area contributed by atoms with Crippen LogP contribution in [0.2, 0.25) is 0 Å². The molecule has 2 rings (SSSR count). The second-order valence-electron chi connectivity index (χ2n) is 7.09. The first kappa shape index (κ1) is 19.4. The van der Waals surface area contributed by atoms with Crippen molar-refractivity contribution < 1.29 is 19.4 Å². The van der Waals surface area contributed by atoms with Gasteiger partial charge in [-0.15, -0.1) is 0 Å². The Balaban J connectivity index is 2.09. The first-order valence-corrected chi connectivity index (χ1v) is 8.39. The number of carboxylic acid groups (broad SMARTS) is 1. The first-order chi connectivity index (χ1) is 12.2. The molecule has 26 heavy (non-hydrogen) atoms. The summed E-state index contributed by atoms with van der Waals surface area (Å²) in [7, 11) is 0. The smallest absolute Gasteiger partial charge is 0.408 e. The Bertz CT molecular complexity index is 779. The number of carbonyl (C=O) groups is 2. The number of hydrogen-bond acceptors (Lipinski definition) is 4. The van der Waals surface area contributed by atoms with Crippen molar-refractivity contribution in [1.29, 1.82) is 0 Å². The molecule has 0 spiro atoms. The summed E-state index contributed by atoms with van der Waals surface area (Å²) in [6.45, 7) is 7.17. The van der Waals surface area contributed by atoms with Crippen LogP contribution in [0.5, 0.6) is 0 Å². The van der Waals surface area contributed by atoms with Crippen LogP contribution in [0.25, 0.3) is 11.1 Å². The number of ether oxygens (including phenoxy) is 1. The van der Waals surface area contributed by atoms with Gasteiger partial charge in [0.05, 0.1) is 0 Å². The van der Waals surface area contributed by atoms with Crippen LogP contribution in [0.15, 0.2) is 42.6 Å². The third kappa shape index (κ3) is 5.58. The molecule has 0 fully saturated rings. The van der Waals surface area contributed by atoms with E-state index in [-0.39, 0.29) is 6.42 Å². The van der Waals surface area contributed by atoms with Crippen LogP contribution in [0.4, 0.5) is 4.79 Å². The summed E-state index contributed by atoms with van der Waals surface area (Å²) in [6, 6.07) is 10.5. The van der Waals surface area contributed by atoms with Gasteiger partial charge in [0, 0.05) is 23.9 Å². The predicted molar refractivity (Wildman–Crippen MR) is 98.9 cm³/mol. The molecule has 0 bridgehead atoms. The molecule has 0 radical (unpaired) electrons. The molecule has 1 aromatic carbocycles. The van der Waals surface area contributed by atoms with Crippen molar-refractivity contribution in [3.8, 4) is 11.1 Å². The number of hydrogen-bond donors (Lipinski definition) is 2. The summed E-state index contributed by atoms with van der Waals surface area (Å²) in [4.78, 5) is 27.6. The maximum absolute atomic E-state index is 11.8. The van der Waals surface area contributed by atoms with Gasteiger partial charge in [0.2, 0.25) is 0 Å².